The number of aliphatic hydroxyl groups is 1. The quantitative estimate of drug-likeness (QED) is 0.247. The molecule has 0 saturated carbocycles. The van der Waals surface area contributed by atoms with Crippen molar-refractivity contribution >= 4 is 22.3 Å². The van der Waals surface area contributed by atoms with Crippen LogP contribution in [0.4, 0.5) is 8.78 Å². The third kappa shape index (κ3) is 8.22. The summed E-state index contributed by atoms with van der Waals surface area (Å²) in [7, 11) is -10.5. The summed E-state index contributed by atoms with van der Waals surface area (Å²) >= 11 is 0. The molecular weight excluding hydrogens is 332 g/mol. The van der Waals surface area contributed by atoms with Crippen LogP contribution in [0.15, 0.2) is 0 Å². The van der Waals surface area contributed by atoms with Crippen LogP contribution in [0.2, 0.25) is 0 Å². The van der Waals surface area contributed by atoms with E-state index in [1.165, 1.54) is 0 Å². The standard InChI is InChI=1S/C6H16F2O10P2/c7-5(8)6(11,3-4(9)10)1-2-17-20(15,16)18-19(12,13)14/h5,11-16,19-20H,1-3H2,(H,9,10). The van der Waals surface area contributed by atoms with Crippen LogP contribution in [-0.2, 0) is 13.6 Å². The van der Waals surface area contributed by atoms with E-state index in [1.54, 1.807) is 0 Å². The number of carboxylic acids is 1. The third-order valence-corrected chi connectivity index (χ3v) is 4.70. The van der Waals surface area contributed by atoms with Crippen LogP contribution in [0.25, 0.3) is 0 Å². The zero-order valence-corrected chi connectivity index (χ0v) is 11.8. The van der Waals surface area contributed by atoms with Gasteiger partial charge in [-0.05, 0) is 0 Å². The SMILES string of the molecule is O=C(O)CC(O)(CCO[PH](O)(O)O[PH](O)(O)O)C(F)F. The first kappa shape index (κ1) is 19.9. The molecule has 1 atom stereocenters. The van der Waals surface area contributed by atoms with Crippen molar-refractivity contribution in [3.8, 4) is 0 Å². The molecule has 0 radical (unpaired) electrons. The minimum atomic E-state index is -5.30. The van der Waals surface area contributed by atoms with Crippen molar-refractivity contribution in [2.24, 2.45) is 0 Å². The monoisotopic (exact) mass is 348 g/mol. The molecule has 0 aromatic rings. The summed E-state index contributed by atoms with van der Waals surface area (Å²) < 4.78 is 32.8. The molecule has 0 amide bonds. The molecule has 0 spiro atoms. The third-order valence-electron chi connectivity index (χ3n) is 1.96. The van der Waals surface area contributed by atoms with E-state index in [0.29, 0.717) is 0 Å². The Morgan fingerprint density at radius 3 is 2.05 bits per heavy atom. The zero-order chi connectivity index (χ0) is 16.2. The van der Waals surface area contributed by atoms with E-state index in [9.17, 15) is 18.7 Å². The summed E-state index contributed by atoms with van der Waals surface area (Å²) in [5.41, 5.74) is -2.97. The van der Waals surface area contributed by atoms with Gasteiger partial charge < -0.3 is 0 Å². The van der Waals surface area contributed by atoms with Gasteiger partial charge in [-0.15, -0.1) is 0 Å². The number of carboxylic acid groups (broad SMARTS) is 1. The second kappa shape index (κ2) is 7.23. The topological polar surface area (TPSA) is 177 Å². The normalized spacial score (nSPS) is 17.9. The number of carbonyl (C=O) groups is 1. The van der Waals surface area contributed by atoms with Crippen molar-refractivity contribution in [3.05, 3.63) is 0 Å². The molecule has 0 aromatic heterocycles. The Hall–Kier alpha value is -0.130. The van der Waals surface area contributed by atoms with Crippen molar-refractivity contribution in [1.82, 2.24) is 0 Å². The Labute approximate surface area is 112 Å². The molecule has 0 saturated heterocycles. The molecule has 20 heavy (non-hydrogen) atoms. The number of hydrogen-bond acceptors (Lipinski definition) is 9. The molecule has 0 rings (SSSR count). The predicted octanol–water partition coefficient (Wildman–Crippen LogP) is -1.34. The van der Waals surface area contributed by atoms with Gasteiger partial charge in [0.15, 0.2) is 0 Å². The van der Waals surface area contributed by atoms with E-state index in [0.717, 1.165) is 0 Å². The average molecular weight is 348 g/mol. The van der Waals surface area contributed by atoms with Gasteiger partial charge in [0.05, 0.1) is 0 Å². The first-order valence-corrected chi connectivity index (χ1v) is 8.42. The van der Waals surface area contributed by atoms with Crippen LogP contribution < -0.4 is 0 Å². The van der Waals surface area contributed by atoms with Crippen molar-refractivity contribution in [3.63, 3.8) is 0 Å². The Morgan fingerprint density at radius 2 is 1.70 bits per heavy atom. The Morgan fingerprint density at radius 1 is 1.20 bits per heavy atom. The Balaban J connectivity index is 4.48. The summed E-state index contributed by atoms with van der Waals surface area (Å²) in [5, 5.41) is 17.7. The van der Waals surface area contributed by atoms with E-state index < -0.39 is 53.8 Å². The Bertz CT molecular complexity index is 334. The molecule has 7 N–H and O–H groups in total. The average Bonchev–Trinajstić information content (AvgIpc) is 2.10. The fourth-order valence-corrected chi connectivity index (χ4v) is 3.14. The molecule has 0 aliphatic carbocycles. The fourth-order valence-electron chi connectivity index (χ4n) is 1.11. The van der Waals surface area contributed by atoms with Crippen LogP contribution in [-0.4, -0.2) is 59.3 Å². The summed E-state index contributed by atoms with van der Waals surface area (Å²) in [4.78, 5) is 53.6. The van der Waals surface area contributed by atoms with Crippen molar-refractivity contribution in [2.45, 2.75) is 24.9 Å². The maximum absolute atomic E-state index is 12.5. The second-order valence-corrected chi connectivity index (χ2v) is 7.15. The summed E-state index contributed by atoms with van der Waals surface area (Å²) in [6.07, 6.45) is -5.77. The van der Waals surface area contributed by atoms with Gasteiger partial charge in [0.1, 0.15) is 0 Å². The van der Waals surface area contributed by atoms with Crippen LogP contribution in [0.5, 0.6) is 0 Å². The van der Waals surface area contributed by atoms with Gasteiger partial charge in [-0.3, -0.25) is 0 Å². The number of rotatable bonds is 9. The van der Waals surface area contributed by atoms with E-state index in [2.05, 4.69) is 8.83 Å². The van der Waals surface area contributed by atoms with Gasteiger partial charge in [-0.2, -0.15) is 0 Å². The second-order valence-electron chi connectivity index (χ2n) is 3.80. The molecule has 0 aromatic carbocycles. The zero-order valence-electron chi connectivity index (χ0n) is 9.81. The summed E-state index contributed by atoms with van der Waals surface area (Å²) in [5.74, 6) is -1.71. The van der Waals surface area contributed by atoms with Gasteiger partial charge in [0, 0.05) is 0 Å². The van der Waals surface area contributed by atoms with E-state index in [4.69, 9.17) is 29.6 Å². The molecule has 0 aliphatic heterocycles. The molecule has 0 aliphatic rings. The molecule has 0 fully saturated rings. The van der Waals surface area contributed by atoms with E-state index >= 15 is 0 Å². The van der Waals surface area contributed by atoms with Crippen molar-refractivity contribution < 1.29 is 57.1 Å². The molecular formula is C6H16F2O10P2. The van der Waals surface area contributed by atoms with Gasteiger partial charge in [-0.1, -0.05) is 0 Å². The van der Waals surface area contributed by atoms with Gasteiger partial charge >= 0.3 is 111 Å². The predicted molar refractivity (Wildman–Crippen MR) is 62.6 cm³/mol. The fraction of sp³-hybridized carbons (Fsp3) is 0.833. The van der Waals surface area contributed by atoms with Gasteiger partial charge in [-0.25, -0.2) is 0 Å². The molecule has 14 heteroatoms. The minimum absolute atomic E-state index is 0.988. The van der Waals surface area contributed by atoms with Crippen LogP contribution in [0.1, 0.15) is 12.8 Å². The molecule has 10 nitrogen and oxygen atoms in total. The molecule has 0 bridgehead atoms. The maximum atomic E-state index is 12.5. The molecule has 0 heterocycles. The van der Waals surface area contributed by atoms with Crippen molar-refractivity contribution in [1.29, 1.82) is 0 Å². The van der Waals surface area contributed by atoms with Gasteiger partial charge in [0.25, 0.3) is 0 Å². The van der Waals surface area contributed by atoms with Crippen LogP contribution in [0.3, 0.4) is 0 Å². The number of hydrogen-bond donors (Lipinski definition) is 7. The summed E-state index contributed by atoms with van der Waals surface area (Å²) in [6.45, 7) is -0.988. The number of alkyl halides is 2. The van der Waals surface area contributed by atoms with Gasteiger partial charge in [0.2, 0.25) is 0 Å². The van der Waals surface area contributed by atoms with E-state index in [-0.39, 0.29) is 0 Å². The first-order valence-electron chi connectivity index (χ1n) is 4.96. The first-order chi connectivity index (χ1) is 8.77. The number of aliphatic carboxylic acids is 1. The van der Waals surface area contributed by atoms with Crippen molar-refractivity contribution in [2.75, 3.05) is 6.61 Å². The van der Waals surface area contributed by atoms with Crippen LogP contribution >= 0.6 is 16.3 Å². The Kier molecular flexibility index (Phi) is 7.18. The molecule has 124 valence electrons. The number of halogens is 2. The van der Waals surface area contributed by atoms with E-state index in [1.807, 2.05) is 0 Å². The van der Waals surface area contributed by atoms with Crippen LogP contribution in [0, 0.1) is 0 Å². The summed E-state index contributed by atoms with van der Waals surface area (Å²) in [6, 6.07) is 0. The molecule has 1 unspecified atom stereocenters.